The van der Waals surface area contributed by atoms with Crippen molar-refractivity contribution in [3.8, 4) is 0 Å². The summed E-state index contributed by atoms with van der Waals surface area (Å²) in [4.78, 5) is 19.2. The number of fused-ring (bicyclic) bond motifs is 1. The average molecular weight is 316 g/mol. The zero-order valence-electron chi connectivity index (χ0n) is 13.8. The zero-order chi connectivity index (χ0) is 16.6. The van der Waals surface area contributed by atoms with Gasteiger partial charge in [-0.25, -0.2) is 0 Å². The highest BCUT2D eigenvalue weighted by molar-refractivity contribution is 6.09. The van der Waals surface area contributed by atoms with Gasteiger partial charge in [0.2, 0.25) is 5.91 Å². The number of pyridine rings is 1. The van der Waals surface area contributed by atoms with E-state index in [9.17, 15) is 4.79 Å². The summed E-state index contributed by atoms with van der Waals surface area (Å²) in [5, 5.41) is 1.07. The van der Waals surface area contributed by atoms with E-state index < -0.39 is 0 Å². The Morgan fingerprint density at radius 2 is 1.83 bits per heavy atom. The molecule has 0 bridgehead atoms. The summed E-state index contributed by atoms with van der Waals surface area (Å²) < 4.78 is 0. The third-order valence-electron chi connectivity index (χ3n) is 4.98. The van der Waals surface area contributed by atoms with Crippen LogP contribution in [0.2, 0.25) is 0 Å². The van der Waals surface area contributed by atoms with Crippen LogP contribution in [0.4, 0.5) is 5.69 Å². The molecule has 3 nitrogen and oxygen atoms in total. The Kier molecular flexibility index (Phi) is 3.57. The number of rotatable bonds is 4. The molecule has 3 heteroatoms. The molecule has 0 N–H and O–H groups in total. The molecule has 0 aliphatic carbocycles. The molecule has 2 aromatic carbocycles. The standard InChI is InChI=1S/C21H20N2O/c1-21(13-12-16-7-3-2-4-8-16)15-23(20(21)24)18-11-5-9-17-10-6-14-22-19(17)18/h2-11,14H,12-13,15H2,1H3. The Labute approximate surface area is 141 Å². The van der Waals surface area contributed by atoms with Crippen molar-refractivity contribution >= 4 is 22.5 Å². The fourth-order valence-electron chi connectivity index (χ4n) is 3.47. The lowest BCUT2D eigenvalue weighted by molar-refractivity contribution is -0.134. The second-order valence-corrected chi connectivity index (χ2v) is 6.79. The SMILES string of the molecule is CC1(CCc2ccccc2)CN(c2cccc3cccnc23)C1=O. The van der Waals surface area contributed by atoms with E-state index in [-0.39, 0.29) is 11.3 Å². The van der Waals surface area contributed by atoms with Crippen LogP contribution in [0.15, 0.2) is 66.9 Å². The number of β-lactam (4-membered cyclic amide) rings is 1. The first-order valence-corrected chi connectivity index (χ1v) is 8.37. The van der Waals surface area contributed by atoms with Gasteiger partial charge in [0.05, 0.1) is 16.6 Å². The highest BCUT2D eigenvalue weighted by Crippen LogP contribution is 2.41. The number of aryl methyl sites for hydroxylation is 1. The third-order valence-corrected chi connectivity index (χ3v) is 4.98. The number of carbonyl (C=O) groups excluding carboxylic acids is 1. The van der Waals surface area contributed by atoms with Crippen LogP contribution in [0.1, 0.15) is 18.9 Å². The lowest BCUT2D eigenvalue weighted by Gasteiger charge is -2.47. The molecule has 1 saturated heterocycles. The number of para-hydroxylation sites is 1. The Balaban J connectivity index is 1.53. The van der Waals surface area contributed by atoms with E-state index in [0.29, 0.717) is 0 Å². The molecule has 4 rings (SSSR count). The molecule has 3 aromatic rings. The summed E-state index contributed by atoms with van der Waals surface area (Å²) >= 11 is 0. The Morgan fingerprint density at radius 3 is 2.62 bits per heavy atom. The molecule has 0 radical (unpaired) electrons. The summed E-state index contributed by atoms with van der Waals surface area (Å²) in [5.74, 6) is 0.205. The first-order chi connectivity index (χ1) is 11.7. The first kappa shape index (κ1) is 14.9. The van der Waals surface area contributed by atoms with Gasteiger partial charge in [0, 0.05) is 18.1 Å². The topological polar surface area (TPSA) is 33.2 Å². The van der Waals surface area contributed by atoms with Crippen molar-refractivity contribution in [3.05, 3.63) is 72.4 Å². The van der Waals surface area contributed by atoms with Crippen LogP contribution in [0.5, 0.6) is 0 Å². The third kappa shape index (κ3) is 2.46. The number of hydrogen-bond donors (Lipinski definition) is 0. The average Bonchev–Trinajstić information content (AvgIpc) is 2.65. The maximum atomic E-state index is 12.8. The van der Waals surface area contributed by atoms with Gasteiger partial charge in [-0.15, -0.1) is 0 Å². The lowest BCUT2D eigenvalue weighted by Crippen LogP contribution is -2.60. The van der Waals surface area contributed by atoms with Crippen LogP contribution in [0.3, 0.4) is 0 Å². The van der Waals surface area contributed by atoms with Crippen molar-refractivity contribution in [1.29, 1.82) is 0 Å². The molecule has 1 aliphatic rings. The normalized spacial score (nSPS) is 20.2. The van der Waals surface area contributed by atoms with E-state index in [1.807, 2.05) is 53.4 Å². The molecule has 120 valence electrons. The summed E-state index contributed by atoms with van der Waals surface area (Å²) in [6, 6.07) is 20.3. The molecule has 0 saturated carbocycles. The number of anilines is 1. The van der Waals surface area contributed by atoms with E-state index in [2.05, 4.69) is 24.0 Å². The molecular formula is C21H20N2O. The number of nitrogens with zero attached hydrogens (tertiary/aromatic N) is 2. The van der Waals surface area contributed by atoms with Gasteiger partial charge in [-0.3, -0.25) is 9.78 Å². The van der Waals surface area contributed by atoms with E-state index in [1.54, 1.807) is 6.20 Å². The molecule has 1 unspecified atom stereocenters. The Hall–Kier alpha value is -2.68. The van der Waals surface area contributed by atoms with Crippen LogP contribution in [-0.4, -0.2) is 17.4 Å². The quantitative estimate of drug-likeness (QED) is 0.675. The van der Waals surface area contributed by atoms with Gasteiger partial charge < -0.3 is 4.90 Å². The van der Waals surface area contributed by atoms with Gasteiger partial charge in [0.25, 0.3) is 0 Å². The molecule has 24 heavy (non-hydrogen) atoms. The highest BCUT2D eigenvalue weighted by atomic mass is 16.2. The van der Waals surface area contributed by atoms with Gasteiger partial charge in [-0.1, -0.05) is 48.5 Å². The largest absolute Gasteiger partial charge is 0.309 e. The minimum absolute atomic E-state index is 0.205. The summed E-state index contributed by atoms with van der Waals surface area (Å²) in [7, 11) is 0. The van der Waals surface area contributed by atoms with E-state index >= 15 is 0 Å². The molecule has 1 atom stereocenters. The minimum Gasteiger partial charge on any atom is -0.309 e. The molecule has 1 aromatic heterocycles. The van der Waals surface area contributed by atoms with Crippen molar-refractivity contribution in [2.45, 2.75) is 19.8 Å². The molecule has 1 fully saturated rings. The monoisotopic (exact) mass is 316 g/mol. The molecule has 1 aliphatic heterocycles. The van der Waals surface area contributed by atoms with Crippen LogP contribution in [-0.2, 0) is 11.2 Å². The van der Waals surface area contributed by atoms with E-state index in [1.165, 1.54) is 5.56 Å². The smallest absolute Gasteiger partial charge is 0.234 e. The first-order valence-electron chi connectivity index (χ1n) is 8.37. The summed E-state index contributed by atoms with van der Waals surface area (Å²) in [5.41, 5.74) is 2.85. The molecule has 1 amide bonds. The van der Waals surface area contributed by atoms with Crippen molar-refractivity contribution in [2.75, 3.05) is 11.4 Å². The lowest BCUT2D eigenvalue weighted by atomic mass is 9.75. The van der Waals surface area contributed by atoms with Gasteiger partial charge in [0.15, 0.2) is 0 Å². The molecular weight excluding hydrogens is 296 g/mol. The van der Waals surface area contributed by atoms with Gasteiger partial charge in [0.1, 0.15) is 0 Å². The van der Waals surface area contributed by atoms with Gasteiger partial charge >= 0.3 is 0 Å². The zero-order valence-corrected chi connectivity index (χ0v) is 13.8. The van der Waals surface area contributed by atoms with Gasteiger partial charge in [-0.2, -0.15) is 0 Å². The molecule has 0 spiro atoms. The van der Waals surface area contributed by atoms with Crippen LogP contribution in [0, 0.1) is 5.41 Å². The predicted octanol–water partition coefficient (Wildman–Crippen LogP) is 4.22. The maximum absolute atomic E-state index is 12.8. The van der Waals surface area contributed by atoms with E-state index in [0.717, 1.165) is 36.0 Å². The minimum atomic E-state index is -0.271. The van der Waals surface area contributed by atoms with Crippen LogP contribution >= 0.6 is 0 Å². The highest BCUT2D eigenvalue weighted by Gasteiger charge is 2.48. The van der Waals surface area contributed by atoms with Crippen molar-refractivity contribution in [2.24, 2.45) is 5.41 Å². The van der Waals surface area contributed by atoms with E-state index in [4.69, 9.17) is 0 Å². The predicted molar refractivity (Wildman–Crippen MR) is 97.0 cm³/mol. The van der Waals surface area contributed by atoms with Crippen molar-refractivity contribution in [3.63, 3.8) is 0 Å². The van der Waals surface area contributed by atoms with Crippen molar-refractivity contribution < 1.29 is 4.79 Å². The van der Waals surface area contributed by atoms with Crippen molar-refractivity contribution in [1.82, 2.24) is 4.98 Å². The summed E-state index contributed by atoms with van der Waals surface area (Å²) in [6.07, 6.45) is 3.60. The number of amides is 1. The maximum Gasteiger partial charge on any atom is 0.234 e. The number of benzene rings is 2. The Morgan fingerprint density at radius 1 is 1.04 bits per heavy atom. The number of hydrogen-bond acceptors (Lipinski definition) is 2. The second kappa shape index (κ2) is 5.75. The Bertz CT molecular complexity index is 885. The number of aromatic nitrogens is 1. The summed E-state index contributed by atoms with van der Waals surface area (Å²) in [6.45, 7) is 2.84. The van der Waals surface area contributed by atoms with Crippen LogP contribution in [0.25, 0.3) is 10.9 Å². The van der Waals surface area contributed by atoms with Gasteiger partial charge in [-0.05, 0) is 37.5 Å². The van der Waals surface area contributed by atoms with Crippen LogP contribution < -0.4 is 4.90 Å². The fourth-order valence-corrected chi connectivity index (χ4v) is 3.47. The fraction of sp³-hybridized carbons (Fsp3) is 0.238. The molecule has 2 heterocycles. The number of carbonyl (C=O) groups is 1. The second-order valence-electron chi connectivity index (χ2n) is 6.79.